The van der Waals surface area contributed by atoms with Gasteiger partial charge in [0.2, 0.25) is 0 Å². The molecule has 0 aromatic heterocycles. The number of Topliss-reactive ketones (excluding diaryl/α,β-unsaturated/α-hetero) is 1. The van der Waals surface area contributed by atoms with E-state index in [0.717, 1.165) is 36.7 Å². The first-order valence-corrected chi connectivity index (χ1v) is 8.70. The van der Waals surface area contributed by atoms with Crippen LogP contribution in [0.4, 0.5) is 0 Å². The van der Waals surface area contributed by atoms with Gasteiger partial charge in [-0.25, -0.2) is 0 Å². The molecule has 110 valence electrons. The van der Waals surface area contributed by atoms with E-state index in [1.807, 2.05) is 31.2 Å². The summed E-state index contributed by atoms with van der Waals surface area (Å²) >= 11 is 0. The van der Waals surface area contributed by atoms with Crippen LogP contribution < -0.4 is 0 Å². The van der Waals surface area contributed by atoms with Gasteiger partial charge in [-0.3, -0.25) is 9.00 Å². The van der Waals surface area contributed by atoms with Gasteiger partial charge in [0.15, 0.2) is 5.78 Å². The second-order valence-electron chi connectivity index (χ2n) is 5.76. The summed E-state index contributed by atoms with van der Waals surface area (Å²) < 4.78 is 11.6. The van der Waals surface area contributed by atoms with Crippen molar-refractivity contribution in [2.75, 3.05) is 31.1 Å². The van der Waals surface area contributed by atoms with Crippen LogP contribution >= 0.6 is 0 Å². The van der Waals surface area contributed by atoms with Crippen LogP contribution in [0.3, 0.4) is 0 Å². The van der Waals surface area contributed by atoms with E-state index in [0.29, 0.717) is 12.3 Å². The molecule has 0 saturated carbocycles. The van der Waals surface area contributed by atoms with Crippen LogP contribution in [-0.4, -0.2) is 46.0 Å². The van der Waals surface area contributed by atoms with Gasteiger partial charge in [0.25, 0.3) is 0 Å². The molecule has 0 unspecified atom stereocenters. The Bertz CT molecular complexity index is 484. The lowest BCUT2D eigenvalue weighted by atomic mass is 10.1. The highest BCUT2D eigenvalue weighted by Gasteiger charge is 2.19. The molecule has 1 saturated heterocycles. The maximum absolute atomic E-state index is 12.1. The van der Waals surface area contributed by atoms with Crippen molar-refractivity contribution in [1.29, 1.82) is 0 Å². The van der Waals surface area contributed by atoms with E-state index in [1.165, 1.54) is 5.56 Å². The summed E-state index contributed by atoms with van der Waals surface area (Å²) in [6, 6.07) is 7.75. The SMILES string of the molecule is Cc1ccc(C(=O)CCN2CC[S@](=O)C[C@H](C)C2)cc1. The van der Waals surface area contributed by atoms with E-state index < -0.39 is 10.8 Å². The summed E-state index contributed by atoms with van der Waals surface area (Å²) in [7, 11) is -0.688. The zero-order valence-corrected chi connectivity index (χ0v) is 13.1. The molecule has 1 aliphatic rings. The molecule has 1 aliphatic heterocycles. The molecule has 1 aromatic rings. The Balaban J connectivity index is 1.86. The second-order valence-corrected chi connectivity index (χ2v) is 7.38. The summed E-state index contributed by atoms with van der Waals surface area (Å²) in [6.45, 7) is 6.73. The Morgan fingerprint density at radius 2 is 2.05 bits per heavy atom. The van der Waals surface area contributed by atoms with Crippen LogP contribution in [0.15, 0.2) is 24.3 Å². The number of rotatable bonds is 4. The van der Waals surface area contributed by atoms with Gasteiger partial charge in [-0.1, -0.05) is 36.8 Å². The Kier molecular flexibility index (Phi) is 5.49. The molecule has 1 heterocycles. The summed E-state index contributed by atoms with van der Waals surface area (Å²) in [5.74, 6) is 2.18. The largest absolute Gasteiger partial charge is 0.302 e. The Labute approximate surface area is 123 Å². The lowest BCUT2D eigenvalue weighted by molar-refractivity contribution is 0.0963. The van der Waals surface area contributed by atoms with Gasteiger partial charge in [-0.15, -0.1) is 0 Å². The van der Waals surface area contributed by atoms with Crippen LogP contribution in [-0.2, 0) is 10.8 Å². The van der Waals surface area contributed by atoms with Crippen molar-refractivity contribution in [3.05, 3.63) is 35.4 Å². The van der Waals surface area contributed by atoms with Crippen molar-refractivity contribution in [1.82, 2.24) is 4.90 Å². The standard InChI is InChI=1S/C16H23NO2S/c1-13-3-5-15(6-4-13)16(18)7-8-17-9-10-20(19)12-14(2)11-17/h3-6,14H,7-12H2,1-2H3/t14-,20+/m1/s1. The number of carbonyl (C=O) groups excluding carboxylic acids is 1. The minimum atomic E-state index is -0.688. The number of hydrogen-bond acceptors (Lipinski definition) is 3. The molecule has 0 spiro atoms. The van der Waals surface area contributed by atoms with Crippen molar-refractivity contribution >= 4 is 16.6 Å². The maximum atomic E-state index is 12.1. The molecule has 4 heteroatoms. The van der Waals surface area contributed by atoms with Crippen LogP contribution in [0, 0.1) is 12.8 Å². The van der Waals surface area contributed by atoms with Crippen LogP contribution in [0.5, 0.6) is 0 Å². The highest BCUT2D eigenvalue weighted by molar-refractivity contribution is 7.85. The van der Waals surface area contributed by atoms with Gasteiger partial charge in [0.05, 0.1) is 0 Å². The van der Waals surface area contributed by atoms with Gasteiger partial charge < -0.3 is 4.90 Å². The summed E-state index contributed by atoms with van der Waals surface area (Å²) in [4.78, 5) is 14.4. The monoisotopic (exact) mass is 293 g/mol. The van der Waals surface area contributed by atoms with Crippen molar-refractivity contribution in [3.8, 4) is 0 Å². The molecule has 2 rings (SSSR count). The number of aryl methyl sites for hydroxylation is 1. The molecule has 0 amide bonds. The minimum Gasteiger partial charge on any atom is -0.302 e. The van der Waals surface area contributed by atoms with Crippen LogP contribution in [0.25, 0.3) is 0 Å². The highest BCUT2D eigenvalue weighted by Crippen LogP contribution is 2.11. The zero-order chi connectivity index (χ0) is 14.5. The van der Waals surface area contributed by atoms with Gasteiger partial charge in [-0.2, -0.15) is 0 Å². The van der Waals surface area contributed by atoms with Gasteiger partial charge in [0, 0.05) is 53.9 Å². The molecule has 3 nitrogen and oxygen atoms in total. The van der Waals surface area contributed by atoms with Crippen LogP contribution in [0.1, 0.15) is 29.3 Å². The van der Waals surface area contributed by atoms with E-state index in [4.69, 9.17) is 0 Å². The number of nitrogens with zero attached hydrogens (tertiary/aromatic N) is 1. The molecular formula is C16H23NO2S. The van der Waals surface area contributed by atoms with Crippen molar-refractivity contribution in [2.45, 2.75) is 20.3 Å². The van der Waals surface area contributed by atoms with E-state index in [1.54, 1.807) is 0 Å². The fraction of sp³-hybridized carbons (Fsp3) is 0.562. The topological polar surface area (TPSA) is 37.4 Å². The molecule has 1 aromatic carbocycles. The van der Waals surface area contributed by atoms with Crippen LogP contribution in [0.2, 0.25) is 0 Å². The number of ketones is 1. The van der Waals surface area contributed by atoms with Gasteiger partial charge >= 0.3 is 0 Å². The molecule has 0 N–H and O–H groups in total. The van der Waals surface area contributed by atoms with Gasteiger partial charge in [-0.05, 0) is 12.8 Å². The number of carbonyl (C=O) groups is 1. The quantitative estimate of drug-likeness (QED) is 0.799. The first-order valence-electron chi connectivity index (χ1n) is 7.22. The van der Waals surface area contributed by atoms with E-state index >= 15 is 0 Å². The first-order chi connectivity index (χ1) is 9.54. The lowest BCUT2D eigenvalue weighted by Gasteiger charge is -2.21. The third kappa shape index (κ3) is 4.53. The molecule has 1 fully saturated rings. The first kappa shape index (κ1) is 15.4. The molecule has 0 aliphatic carbocycles. The second kappa shape index (κ2) is 7.14. The average molecular weight is 293 g/mol. The summed E-state index contributed by atoms with van der Waals surface area (Å²) in [5.41, 5.74) is 1.97. The van der Waals surface area contributed by atoms with E-state index in [-0.39, 0.29) is 5.78 Å². The Morgan fingerprint density at radius 1 is 1.35 bits per heavy atom. The van der Waals surface area contributed by atoms with E-state index in [2.05, 4.69) is 11.8 Å². The molecule has 2 atom stereocenters. The fourth-order valence-electron chi connectivity index (χ4n) is 2.56. The zero-order valence-electron chi connectivity index (χ0n) is 12.3. The Hall–Kier alpha value is -1.00. The smallest absolute Gasteiger partial charge is 0.164 e. The predicted molar refractivity (Wildman–Crippen MR) is 83.6 cm³/mol. The minimum absolute atomic E-state index is 0.197. The van der Waals surface area contributed by atoms with Gasteiger partial charge in [0.1, 0.15) is 0 Å². The molecule has 0 bridgehead atoms. The fourth-order valence-corrected chi connectivity index (χ4v) is 3.93. The number of hydrogen-bond donors (Lipinski definition) is 0. The molecule has 0 radical (unpaired) electrons. The lowest BCUT2D eigenvalue weighted by Crippen LogP contribution is -2.31. The third-order valence-electron chi connectivity index (χ3n) is 3.70. The van der Waals surface area contributed by atoms with Crippen molar-refractivity contribution < 1.29 is 9.00 Å². The van der Waals surface area contributed by atoms with Crippen molar-refractivity contribution in [3.63, 3.8) is 0 Å². The maximum Gasteiger partial charge on any atom is 0.164 e. The van der Waals surface area contributed by atoms with Crippen molar-refractivity contribution in [2.24, 2.45) is 5.92 Å². The summed E-state index contributed by atoms with van der Waals surface area (Å²) in [6.07, 6.45) is 0.544. The molecule has 20 heavy (non-hydrogen) atoms. The average Bonchev–Trinajstić information content (AvgIpc) is 2.57. The Morgan fingerprint density at radius 3 is 2.75 bits per heavy atom. The summed E-state index contributed by atoms with van der Waals surface area (Å²) in [5, 5.41) is 0. The highest BCUT2D eigenvalue weighted by atomic mass is 32.2. The van der Waals surface area contributed by atoms with E-state index in [9.17, 15) is 9.00 Å². The normalized spacial score (nSPS) is 24.3. The number of benzene rings is 1. The predicted octanol–water partition coefficient (Wildman–Crippen LogP) is 2.27. The molecular weight excluding hydrogens is 270 g/mol. The third-order valence-corrected chi connectivity index (χ3v) is 5.28.